The van der Waals surface area contributed by atoms with Gasteiger partial charge in [-0.25, -0.2) is 0 Å². The fraction of sp³-hybridized carbons (Fsp3) is 0.562. The highest BCUT2D eigenvalue weighted by Gasteiger charge is 2.37. The molecule has 21 heavy (non-hydrogen) atoms. The average molecular weight is 291 g/mol. The predicted octanol–water partition coefficient (Wildman–Crippen LogP) is 1.42. The van der Waals surface area contributed by atoms with Gasteiger partial charge in [-0.1, -0.05) is 19.1 Å². The van der Waals surface area contributed by atoms with Crippen molar-refractivity contribution in [2.75, 3.05) is 13.7 Å². The molecule has 0 saturated carbocycles. The SMILES string of the molecule is CCC(N)C(c1cccc(OC)c1)N1CCCC1C(N)=O. The Balaban J connectivity index is 2.36. The van der Waals surface area contributed by atoms with E-state index in [1.807, 2.05) is 24.3 Å². The van der Waals surface area contributed by atoms with Gasteiger partial charge in [0.15, 0.2) is 0 Å². The van der Waals surface area contributed by atoms with E-state index in [0.29, 0.717) is 0 Å². The normalized spacial score (nSPS) is 22.0. The maximum atomic E-state index is 11.7. The highest BCUT2D eigenvalue weighted by Crippen LogP contribution is 2.33. The molecule has 5 nitrogen and oxygen atoms in total. The number of methoxy groups -OCH3 is 1. The van der Waals surface area contributed by atoms with Gasteiger partial charge >= 0.3 is 0 Å². The fourth-order valence-corrected chi connectivity index (χ4v) is 3.16. The van der Waals surface area contributed by atoms with Crippen molar-refractivity contribution < 1.29 is 9.53 Å². The number of nitrogens with zero attached hydrogens (tertiary/aromatic N) is 1. The summed E-state index contributed by atoms with van der Waals surface area (Å²) in [6.07, 6.45) is 2.63. The second kappa shape index (κ2) is 6.91. The number of rotatable bonds is 6. The number of ether oxygens (including phenoxy) is 1. The summed E-state index contributed by atoms with van der Waals surface area (Å²) >= 11 is 0. The molecule has 1 saturated heterocycles. The maximum absolute atomic E-state index is 11.7. The number of benzene rings is 1. The number of carbonyl (C=O) groups is 1. The first kappa shape index (κ1) is 15.8. The van der Waals surface area contributed by atoms with Crippen LogP contribution in [-0.2, 0) is 4.79 Å². The largest absolute Gasteiger partial charge is 0.497 e. The predicted molar refractivity (Wildman–Crippen MR) is 82.9 cm³/mol. The first-order valence-corrected chi connectivity index (χ1v) is 7.53. The van der Waals surface area contributed by atoms with E-state index in [0.717, 1.165) is 37.1 Å². The van der Waals surface area contributed by atoms with Gasteiger partial charge in [-0.3, -0.25) is 9.69 Å². The van der Waals surface area contributed by atoms with E-state index in [9.17, 15) is 4.79 Å². The van der Waals surface area contributed by atoms with Crippen molar-refractivity contribution in [2.24, 2.45) is 11.5 Å². The van der Waals surface area contributed by atoms with Crippen molar-refractivity contribution in [3.05, 3.63) is 29.8 Å². The Morgan fingerprint density at radius 3 is 2.90 bits per heavy atom. The molecule has 1 heterocycles. The Hall–Kier alpha value is -1.59. The van der Waals surface area contributed by atoms with Crippen molar-refractivity contribution in [1.29, 1.82) is 0 Å². The second-order valence-corrected chi connectivity index (χ2v) is 5.59. The zero-order valence-corrected chi connectivity index (χ0v) is 12.8. The molecule has 4 N–H and O–H groups in total. The van der Waals surface area contributed by atoms with Gasteiger partial charge in [0.1, 0.15) is 5.75 Å². The highest BCUT2D eigenvalue weighted by molar-refractivity contribution is 5.80. The molecular weight excluding hydrogens is 266 g/mol. The summed E-state index contributed by atoms with van der Waals surface area (Å²) in [5.74, 6) is 0.541. The Kier molecular flexibility index (Phi) is 5.20. The van der Waals surface area contributed by atoms with Crippen LogP contribution in [0, 0.1) is 0 Å². The summed E-state index contributed by atoms with van der Waals surface area (Å²) in [7, 11) is 1.65. The van der Waals surface area contributed by atoms with Gasteiger partial charge in [0.25, 0.3) is 0 Å². The second-order valence-electron chi connectivity index (χ2n) is 5.59. The van der Waals surface area contributed by atoms with E-state index in [1.165, 1.54) is 0 Å². The van der Waals surface area contributed by atoms with Crippen LogP contribution in [0.1, 0.15) is 37.8 Å². The molecule has 2 rings (SSSR count). The molecule has 1 aliphatic heterocycles. The van der Waals surface area contributed by atoms with E-state index in [-0.39, 0.29) is 24.0 Å². The quantitative estimate of drug-likeness (QED) is 0.830. The first-order valence-electron chi connectivity index (χ1n) is 7.53. The lowest BCUT2D eigenvalue weighted by Gasteiger charge is -2.35. The number of amides is 1. The number of hydrogen-bond acceptors (Lipinski definition) is 4. The molecular formula is C16H25N3O2. The lowest BCUT2D eigenvalue weighted by molar-refractivity contribution is -0.123. The Morgan fingerprint density at radius 2 is 2.29 bits per heavy atom. The Labute approximate surface area is 126 Å². The van der Waals surface area contributed by atoms with Gasteiger partial charge in [-0.15, -0.1) is 0 Å². The zero-order chi connectivity index (χ0) is 15.4. The zero-order valence-electron chi connectivity index (χ0n) is 12.8. The topological polar surface area (TPSA) is 81.6 Å². The Morgan fingerprint density at radius 1 is 1.52 bits per heavy atom. The molecule has 116 valence electrons. The molecule has 3 atom stereocenters. The highest BCUT2D eigenvalue weighted by atomic mass is 16.5. The third kappa shape index (κ3) is 3.36. The van der Waals surface area contributed by atoms with E-state index >= 15 is 0 Å². The standard InChI is InChI=1S/C16H25N3O2/c1-3-13(17)15(11-6-4-7-12(10-11)21-2)19-9-5-8-14(19)16(18)20/h4,6-7,10,13-15H,3,5,8-9,17H2,1-2H3,(H2,18,20). The summed E-state index contributed by atoms with van der Waals surface area (Å²) < 4.78 is 5.30. The van der Waals surface area contributed by atoms with Crippen molar-refractivity contribution in [3.8, 4) is 5.75 Å². The van der Waals surface area contributed by atoms with Crippen LogP contribution in [-0.4, -0.2) is 36.5 Å². The fourth-order valence-electron chi connectivity index (χ4n) is 3.16. The monoisotopic (exact) mass is 291 g/mol. The van der Waals surface area contributed by atoms with Gasteiger partial charge in [-0.05, 0) is 43.5 Å². The van der Waals surface area contributed by atoms with Crippen LogP contribution in [0.5, 0.6) is 5.75 Å². The molecule has 3 unspecified atom stereocenters. The summed E-state index contributed by atoms with van der Waals surface area (Å²) in [4.78, 5) is 13.9. The molecule has 0 bridgehead atoms. The van der Waals surface area contributed by atoms with E-state index in [1.54, 1.807) is 7.11 Å². The van der Waals surface area contributed by atoms with Gasteiger partial charge in [0.05, 0.1) is 19.2 Å². The van der Waals surface area contributed by atoms with E-state index < -0.39 is 0 Å². The molecule has 0 aliphatic carbocycles. The average Bonchev–Trinajstić information content (AvgIpc) is 2.97. The van der Waals surface area contributed by atoms with Gasteiger partial charge in [-0.2, -0.15) is 0 Å². The van der Waals surface area contributed by atoms with Crippen LogP contribution in [0.3, 0.4) is 0 Å². The molecule has 1 aliphatic rings. The summed E-state index contributed by atoms with van der Waals surface area (Å²) in [5, 5.41) is 0. The van der Waals surface area contributed by atoms with Crippen LogP contribution in [0.15, 0.2) is 24.3 Å². The number of carbonyl (C=O) groups excluding carboxylic acids is 1. The first-order chi connectivity index (χ1) is 10.1. The van der Waals surface area contributed by atoms with Crippen molar-refractivity contribution in [2.45, 2.75) is 44.3 Å². The molecule has 0 spiro atoms. The third-order valence-electron chi connectivity index (χ3n) is 4.29. The van der Waals surface area contributed by atoms with Crippen molar-refractivity contribution in [1.82, 2.24) is 4.90 Å². The molecule has 1 amide bonds. The Bertz CT molecular complexity index is 492. The van der Waals surface area contributed by atoms with Gasteiger partial charge in [0, 0.05) is 6.04 Å². The van der Waals surface area contributed by atoms with Gasteiger partial charge < -0.3 is 16.2 Å². The molecule has 5 heteroatoms. The van der Waals surface area contributed by atoms with Crippen LogP contribution >= 0.6 is 0 Å². The molecule has 0 aromatic heterocycles. The summed E-state index contributed by atoms with van der Waals surface area (Å²) in [5.41, 5.74) is 13.0. The van der Waals surface area contributed by atoms with Crippen molar-refractivity contribution in [3.63, 3.8) is 0 Å². The van der Waals surface area contributed by atoms with Crippen molar-refractivity contribution >= 4 is 5.91 Å². The lowest BCUT2D eigenvalue weighted by Crippen LogP contribution is -2.47. The minimum atomic E-state index is -0.260. The molecule has 0 radical (unpaired) electrons. The third-order valence-corrected chi connectivity index (χ3v) is 4.29. The van der Waals surface area contributed by atoms with E-state index in [2.05, 4.69) is 11.8 Å². The van der Waals surface area contributed by atoms with Gasteiger partial charge in [0.2, 0.25) is 5.91 Å². The van der Waals surface area contributed by atoms with Crippen LogP contribution < -0.4 is 16.2 Å². The minimum Gasteiger partial charge on any atom is -0.497 e. The number of nitrogens with two attached hydrogens (primary N) is 2. The number of likely N-dealkylation sites (tertiary alicyclic amines) is 1. The summed E-state index contributed by atoms with van der Waals surface area (Å²) in [6.45, 7) is 2.91. The summed E-state index contributed by atoms with van der Waals surface area (Å²) in [6, 6.07) is 7.63. The lowest BCUT2D eigenvalue weighted by atomic mass is 9.95. The molecule has 1 aromatic carbocycles. The van der Waals surface area contributed by atoms with Crippen LogP contribution in [0.2, 0.25) is 0 Å². The number of primary amides is 1. The number of hydrogen-bond donors (Lipinski definition) is 2. The molecule has 1 fully saturated rings. The molecule has 1 aromatic rings. The smallest absolute Gasteiger partial charge is 0.234 e. The van der Waals surface area contributed by atoms with Crippen LogP contribution in [0.25, 0.3) is 0 Å². The maximum Gasteiger partial charge on any atom is 0.234 e. The van der Waals surface area contributed by atoms with Crippen LogP contribution in [0.4, 0.5) is 0 Å². The van der Waals surface area contributed by atoms with E-state index in [4.69, 9.17) is 16.2 Å². The minimum absolute atomic E-state index is 0.00917.